The summed E-state index contributed by atoms with van der Waals surface area (Å²) in [5, 5.41) is -0.268. The zero-order chi connectivity index (χ0) is 14.9. The van der Waals surface area contributed by atoms with E-state index >= 15 is 0 Å². The summed E-state index contributed by atoms with van der Waals surface area (Å²) in [5.74, 6) is -0.995. The molecule has 7 heteroatoms. The normalized spacial score (nSPS) is 11.4. The Kier molecular flexibility index (Phi) is 3.76. The number of anilines is 1. The number of benzene rings is 2. The number of hydrogen-bond acceptors (Lipinski definition) is 2. The van der Waals surface area contributed by atoms with E-state index in [2.05, 4.69) is 0 Å². The van der Waals surface area contributed by atoms with Gasteiger partial charge in [0.25, 0.3) is 0 Å². The monoisotopic (exact) mass is 305 g/mol. The van der Waals surface area contributed by atoms with Crippen LogP contribution in [0.4, 0.5) is 23.2 Å². The second kappa shape index (κ2) is 5.20. The minimum Gasteiger partial charge on any atom is -0.453 e. The summed E-state index contributed by atoms with van der Waals surface area (Å²) in [4.78, 5) is 0. The molecule has 2 rings (SSSR count). The number of alkyl halides is 3. The van der Waals surface area contributed by atoms with E-state index in [-0.39, 0.29) is 22.2 Å². The van der Waals surface area contributed by atoms with Crippen LogP contribution in [0.15, 0.2) is 36.4 Å². The second-order valence-electron chi connectivity index (χ2n) is 3.93. The van der Waals surface area contributed by atoms with Gasteiger partial charge in [-0.2, -0.15) is 13.2 Å². The fourth-order valence-corrected chi connectivity index (χ4v) is 1.70. The highest BCUT2D eigenvalue weighted by Gasteiger charge is 2.31. The van der Waals surface area contributed by atoms with E-state index in [0.29, 0.717) is 6.07 Å². The van der Waals surface area contributed by atoms with Crippen LogP contribution < -0.4 is 10.5 Å². The molecule has 0 aromatic heterocycles. The molecule has 0 aliphatic carbocycles. The quantitative estimate of drug-likeness (QED) is 0.634. The highest BCUT2D eigenvalue weighted by Crippen LogP contribution is 2.37. The minimum atomic E-state index is -4.51. The van der Waals surface area contributed by atoms with Crippen LogP contribution in [0, 0.1) is 5.82 Å². The predicted molar refractivity (Wildman–Crippen MR) is 67.3 cm³/mol. The number of nitrogens with two attached hydrogens (primary N) is 1. The molecule has 2 aromatic carbocycles. The van der Waals surface area contributed by atoms with E-state index in [0.717, 1.165) is 18.2 Å². The lowest BCUT2D eigenvalue weighted by molar-refractivity contribution is -0.137. The van der Waals surface area contributed by atoms with Gasteiger partial charge in [-0.05, 0) is 30.3 Å². The zero-order valence-corrected chi connectivity index (χ0v) is 10.6. The molecular formula is C13H8ClF4NO. The molecule has 0 fully saturated rings. The summed E-state index contributed by atoms with van der Waals surface area (Å²) in [7, 11) is 0. The maximum Gasteiger partial charge on any atom is 0.416 e. The topological polar surface area (TPSA) is 35.2 Å². The fourth-order valence-electron chi connectivity index (χ4n) is 1.48. The first-order valence-corrected chi connectivity index (χ1v) is 5.75. The average Bonchev–Trinajstić information content (AvgIpc) is 2.33. The van der Waals surface area contributed by atoms with Gasteiger partial charge >= 0.3 is 6.18 Å². The van der Waals surface area contributed by atoms with Gasteiger partial charge in [-0.3, -0.25) is 0 Å². The van der Waals surface area contributed by atoms with Gasteiger partial charge in [0.1, 0.15) is 5.75 Å². The molecule has 2 nitrogen and oxygen atoms in total. The smallest absolute Gasteiger partial charge is 0.416 e. The van der Waals surface area contributed by atoms with Crippen molar-refractivity contribution in [2.45, 2.75) is 6.18 Å². The zero-order valence-electron chi connectivity index (χ0n) is 9.84. The van der Waals surface area contributed by atoms with Crippen molar-refractivity contribution in [1.82, 2.24) is 0 Å². The third kappa shape index (κ3) is 3.14. The summed E-state index contributed by atoms with van der Waals surface area (Å²) >= 11 is 5.70. The lowest BCUT2D eigenvalue weighted by Crippen LogP contribution is -2.04. The summed E-state index contributed by atoms with van der Waals surface area (Å²) < 4.78 is 56.0. The molecule has 106 valence electrons. The maximum absolute atomic E-state index is 13.5. The van der Waals surface area contributed by atoms with Crippen molar-refractivity contribution in [3.63, 3.8) is 0 Å². The van der Waals surface area contributed by atoms with Crippen molar-refractivity contribution in [3.05, 3.63) is 52.8 Å². The number of ether oxygens (including phenoxy) is 1. The molecule has 0 saturated heterocycles. The Morgan fingerprint density at radius 1 is 1.00 bits per heavy atom. The highest BCUT2D eigenvalue weighted by molar-refractivity contribution is 6.32. The van der Waals surface area contributed by atoms with Crippen molar-refractivity contribution < 1.29 is 22.3 Å². The Balaban J connectivity index is 2.30. The van der Waals surface area contributed by atoms with Gasteiger partial charge in [-0.25, -0.2) is 4.39 Å². The van der Waals surface area contributed by atoms with Gasteiger partial charge in [-0.1, -0.05) is 11.6 Å². The van der Waals surface area contributed by atoms with Gasteiger partial charge < -0.3 is 10.5 Å². The summed E-state index contributed by atoms with van der Waals surface area (Å²) in [5.41, 5.74) is 4.66. The largest absolute Gasteiger partial charge is 0.453 e. The van der Waals surface area contributed by atoms with Crippen molar-refractivity contribution in [3.8, 4) is 11.5 Å². The van der Waals surface area contributed by atoms with E-state index in [1.54, 1.807) is 0 Å². The van der Waals surface area contributed by atoms with E-state index in [4.69, 9.17) is 22.1 Å². The van der Waals surface area contributed by atoms with Crippen LogP contribution in [0.1, 0.15) is 5.56 Å². The first kappa shape index (κ1) is 14.5. The first-order valence-electron chi connectivity index (χ1n) is 5.37. The van der Waals surface area contributed by atoms with Gasteiger partial charge in [-0.15, -0.1) is 0 Å². The van der Waals surface area contributed by atoms with Crippen molar-refractivity contribution in [2.75, 3.05) is 5.73 Å². The molecule has 0 radical (unpaired) electrons. The van der Waals surface area contributed by atoms with Gasteiger partial charge in [0.15, 0.2) is 11.6 Å². The van der Waals surface area contributed by atoms with Gasteiger partial charge in [0, 0.05) is 11.8 Å². The molecule has 0 aliphatic heterocycles. The Hall–Kier alpha value is -1.95. The van der Waals surface area contributed by atoms with E-state index < -0.39 is 17.6 Å². The highest BCUT2D eigenvalue weighted by atomic mass is 35.5. The molecule has 0 spiro atoms. The molecule has 0 amide bonds. The molecule has 0 heterocycles. The van der Waals surface area contributed by atoms with Gasteiger partial charge in [0.05, 0.1) is 10.6 Å². The van der Waals surface area contributed by atoms with Crippen molar-refractivity contribution >= 4 is 17.3 Å². The van der Waals surface area contributed by atoms with Gasteiger partial charge in [0.2, 0.25) is 0 Å². The molecule has 0 bridgehead atoms. The second-order valence-corrected chi connectivity index (χ2v) is 4.34. The fraction of sp³-hybridized carbons (Fsp3) is 0.0769. The summed E-state index contributed by atoms with van der Waals surface area (Å²) in [6, 6.07) is 6.24. The molecule has 0 atom stereocenters. The average molecular weight is 306 g/mol. The van der Waals surface area contributed by atoms with Crippen LogP contribution in [-0.4, -0.2) is 0 Å². The standard InChI is InChI=1S/C13H8ClF4NO/c14-9-5-7(13(16,17)18)1-3-11(9)20-12-4-2-8(19)6-10(12)15/h1-6H,19H2. The summed E-state index contributed by atoms with van der Waals surface area (Å²) in [6.45, 7) is 0. The van der Waals surface area contributed by atoms with Crippen LogP contribution in [0.2, 0.25) is 5.02 Å². The maximum atomic E-state index is 13.5. The number of rotatable bonds is 2. The first-order chi connectivity index (χ1) is 9.27. The molecule has 2 N–H and O–H groups in total. The Morgan fingerprint density at radius 3 is 2.20 bits per heavy atom. The minimum absolute atomic E-state index is 0.0802. The van der Waals surface area contributed by atoms with E-state index in [1.807, 2.05) is 0 Å². The number of halogens is 5. The Bertz CT molecular complexity index is 643. The lowest BCUT2D eigenvalue weighted by atomic mass is 10.2. The molecule has 0 aliphatic rings. The molecule has 0 unspecified atom stereocenters. The van der Waals surface area contributed by atoms with Crippen LogP contribution in [-0.2, 0) is 6.18 Å². The van der Waals surface area contributed by atoms with Crippen LogP contribution in [0.3, 0.4) is 0 Å². The predicted octanol–water partition coefficient (Wildman–Crippen LogP) is 4.87. The van der Waals surface area contributed by atoms with Crippen LogP contribution >= 0.6 is 11.6 Å². The SMILES string of the molecule is Nc1ccc(Oc2ccc(C(F)(F)F)cc2Cl)c(F)c1. The number of nitrogen functional groups attached to an aromatic ring is 1. The molecular weight excluding hydrogens is 298 g/mol. The van der Waals surface area contributed by atoms with Crippen molar-refractivity contribution in [2.24, 2.45) is 0 Å². The van der Waals surface area contributed by atoms with Crippen LogP contribution in [0.5, 0.6) is 11.5 Å². The Morgan fingerprint density at radius 2 is 1.65 bits per heavy atom. The van der Waals surface area contributed by atoms with Crippen LogP contribution in [0.25, 0.3) is 0 Å². The molecule has 20 heavy (non-hydrogen) atoms. The number of hydrogen-bond donors (Lipinski definition) is 1. The molecule has 2 aromatic rings. The van der Waals surface area contributed by atoms with E-state index in [1.165, 1.54) is 12.1 Å². The summed E-state index contributed by atoms with van der Waals surface area (Å²) in [6.07, 6.45) is -4.51. The van der Waals surface area contributed by atoms with Crippen molar-refractivity contribution in [1.29, 1.82) is 0 Å². The third-order valence-corrected chi connectivity index (χ3v) is 2.73. The Labute approximate surface area is 116 Å². The third-order valence-electron chi connectivity index (χ3n) is 2.44. The van der Waals surface area contributed by atoms with E-state index in [9.17, 15) is 17.6 Å². The molecule has 0 saturated carbocycles. The lowest BCUT2D eigenvalue weighted by Gasteiger charge is -2.11.